The van der Waals surface area contributed by atoms with Gasteiger partial charge in [-0.3, -0.25) is 9.13 Å². The third-order valence-corrected chi connectivity index (χ3v) is 3.63. The van der Waals surface area contributed by atoms with E-state index in [1.807, 2.05) is 18.2 Å². The maximum atomic E-state index is 12.3. The molecule has 23 heavy (non-hydrogen) atoms. The minimum atomic E-state index is -0.534. The van der Waals surface area contributed by atoms with Crippen molar-refractivity contribution in [3.8, 4) is 11.5 Å². The maximum absolute atomic E-state index is 12.3. The molecule has 0 amide bonds. The Morgan fingerprint density at radius 1 is 1.00 bits per heavy atom. The third-order valence-electron chi connectivity index (χ3n) is 3.63. The zero-order valence-corrected chi connectivity index (χ0v) is 12.9. The molecular weight excluding hydrogens is 296 g/mol. The van der Waals surface area contributed by atoms with Crippen molar-refractivity contribution >= 4 is 17.0 Å². The van der Waals surface area contributed by atoms with Gasteiger partial charge in [-0.1, -0.05) is 24.3 Å². The molecular formula is C17H16N2O4. The molecule has 1 heterocycles. The van der Waals surface area contributed by atoms with E-state index in [1.54, 1.807) is 37.4 Å². The Hall–Kier alpha value is -3.02. The Kier molecular flexibility index (Phi) is 3.89. The molecule has 0 saturated carbocycles. The number of aromatic nitrogens is 2. The van der Waals surface area contributed by atoms with Gasteiger partial charge in [-0.25, -0.2) is 9.59 Å². The number of benzene rings is 2. The van der Waals surface area contributed by atoms with Crippen LogP contribution < -0.4 is 15.2 Å². The quantitative estimate of drug-likeness (QED) is 0.546. The molecule has 0 aliphatic rings. The van der Waals surface area contributed by atoms with Crippen molar-refractivity contribution in [1.29, 1.82) is 0 Å². The second-order valence-electron chi connectivity index (χ2n) is 5.04. The standard InChI is InChI=1S/C17H16N2O4/c1-18-12-7-3-4-8-13(12)19(17(18)21)11-16(20)23-15-10-6-5-9-14(15)22-2/h3-10H,11H2,1-2H3. The van der Waals surface area contributed by atoms with E-state index in [2.05, 4.69) is 0 Å². The molecule has 0 fully saturated rings. The average molecular weight is 312 g/mol. The number of carbonyl (C=O) groups excluding carboxylic acids is 1. The summed E-state index contributed by atoms with van der Waals surface area (Å²) in [6.07, 6.45) is 0. The van der Waals surface area contributed by atoms with Crippen LogP contribution in [0.15, 0.2) is 53.3 Å². The van der Waals surface area contributed by atoms with Gasteiger partial charge >= 0.3 is 11.7 Å². The summed E-state index contributed by atoms with van der Waals surface area (Å²) >= 11 is 0. The second kappa shape index (κ2) is 6.00. The Bertz CT molecular complexity index is 924. The summed E-state index contributed by atoms with van der Waals surface area (Å²) < 4.78 is 13.4. The number of carbonyl (C=O) groups is 1. The molecule has 0 saturated heterocycles. The third kappa shape index (κ3) is 2.70. The molecule has 0 aliphatic heterocycles. The van der Waals surface area contributed by atoms with Crippen molar-refractivity contribution in [2.45, 2.75) is 6.54 Å². The number of esters is 1. The van der Waals surface area contributed by atoms with Crippen LogP contribution in [0.25, 0.3) is 11.0 Å². The fourth-order valence-corrected chi connectivity index (χ4v) is 2.50. The molecule has 0 aliphatic carbocycles. The number of para-hydroxylation sites is 4. The first-order valence-corrected chi connectivity index (χ1v) is 7.09. The molecule has 0 N–H and O–H groups in total. The van der Waals surface area contributed by atoms with Crippen LogP contribution in [-0.2, 0) is 18.4 Å². The smallest absolute Gasteiger partial charge is 0.331 e. The van der Waals surface area contributed by atoms with Gasteiger partial charge in [0, 0.05) is 7.05 Å². The minimum absolute atomic E-state index is 0.168. The van der Waals surface area contributed by atoms with Crippen LogP contribution >= 0.6 is 0 Å². The summed E-state index contributed by atoms with van der Waals surface area (Å²) in [7, 11) is 3.18. The topological polar surface area (TPSA) is 62.5 Å². The van der Waals surface area contributed by atoms with E-state index < -0.39 is 5.97 Å². The van der Waals surface area contributed by atoms with Crippen LogP contribution in [0.2, 0.25) is 0 Å². The molecule has 3 aromatic rings. The zero-order valence-electron chi connectivity index (χ0n) is 12.9. The summed E-state index contributed by atoms with van der Waals surface area (Å²) in [5.74, 6) is 0.257. The van der Waals surface area contributed by atoms with Gasteiger partial charge in [0.15, 0.2) is 11.5 Å². The van der Waals surface area contributed by atoms with Crippen LogP contribution in [0, 0.1) is 0 Å². The summed E-state index contributed by atoms with van der Waals surface area (Å²) in [6.45, 7) is -0.168. The number of fused-ring (bicyclic) bond motifs is 1. The average Bonchev–Trinajstić information content (AvgIpc) is 2.81. The van der Waals surface area contributed by atoms with Gasteiger partial charge in [0.1, 0.15) is 6.54 Å². The molecule has 0 atom stereocenters. The predicted octanol–water partition coefficient (Wildman–Crippen LogP) is 1.95. The number of ether oxygens (including phenoxy) is 2. The molecule has 6 heteroatoms. The maximum Gasteiger partial charge on any atom is 0.331 e. The lowest BCUT2D eigenvalue weighted by Gasteiger charge is -2.09. The van der Waals surface area contributed by atoms with Crippen LogP contribution in [0.4, 0.5) is 0 Å². The first-order chi connectivity index (χ1) is 11.1. The fourth-order valence-electron chi connectivity index (χ4n) is 2.50. The number of hydrogen-bond donors (Lipinski definition) is 0. The van der Waals surface area contributed by atoms with E-state index in [-0.39, 0.29) is 12.2 Å². The van der Waals surface area contributed by atoms with Crippen molar-refractivity contribution in [2.75, 3.05) is 7.11 Å². The van der Waals surface area contributed by atoms with Crippen LogP contribution in [0.1, 0.15) is 0 Å². The summed E-state index contributed by atoms with van der Waals surface area (Å²) in [5.41, 5.74) is 1.20. The van der Waals surface area contributed by atoms with E-state index >= 15 is 0 Å². The van der Waals surface area contributed by atoms with Crippen LogP contribution in [0.3, 0.4) is 0 Å². The van der Waals surface area contributed by atoms with Crippen molar-refractivity contribution in [3.63, 3.8) is 0 Å². The van der Waals surface area contributed by atoms with Gasteiger partial charge in [-0.15, -0.1) is 0 Å². The molecule has 2 aromatic carbocycles. The summed E-state index contributed by atoms with van der Waals surface area (Å²) in [5, 5.41) is 0. The molecule has 6 nitrogen and oxygen atoms in total. The predicted molar refractivity (Wildman–Crippen MR) is 85.8 cm³/mol. The zero-order chi connectivity index (χ0) is 16.4. The molecule has 3 rings (SSSR count). The SMILES string of the molecule is COc1ccccc1OC(=O)Cn1c(=O)n(C)c2ccccc21. The molecule has 0 radical (unpaired) electrons. The lowest BCUT2D eigenvalue weighted by atomic mass is 10.3. The highest BCUT2D eigenvalue weighted by Crippen LogP contribution is 2.26. The molecule has 0 bridgehead atoms. The first-order valence-electron chi connectivity index (χ1n) is 7.09. The second-order valence-corrected chi connectivity index (χ2v) is 5.04. The van der Waals surface area contributed by atoms with Gasteiger partial charge in [0.25, 0.3) is 0 Å². The van der Waals surface area contributed by atoms with E-state index in [9.17, 15) is 9.59 Å². The van der Waals surface area contributed by atoms with Gasteiger partial charge in [-0.2, -0.15) is 0 Å². The number of nitrogens with zero attached hydrogens (tertiary/aromatic N) is 2. The molecule has 1 aromatic heterocycles. The highest BCUT2D eigenvalue weighted by atomic mass is 16.6. The van der Waals surface area contributed by atoms with Crippen molar-refractivity contribution in [2.24, 2.45) is 7.05 Å². The lowest BCUT2D eigenvalue weighted by Crippen LogP contribution is -2.27. The number of aryl methyl sites for hydroxylation is 1. The van der Waals surface area contributed by atoms with Crippen molar-refractivity contribution < 1.29 is 14.3 Å². The number of rotatable bonds is 4. The first kappa shape index (κ1) is 14.9. The van der Waals surface area contributed by atoms with E-state index in [0.717, 1.165) is 5.52 Å². The highest BCUT2D eigenvalue weighted by molar-refractivity contribution is 5.79. The van der Waals surface area contributed by atoms with Gasteiger partial charge in [0.05, 0.1) is 18.1 Å². The summed E-state index contributed by atoms with van der Waals surface area (Å²) in [6, 6.07) is 14.2. The van der Waals surface area contributed by atoms with Crippen LogP contribution in [-0.4, -0.2) is 22.2 Å². The number of hydrogen-bond acceptors (Lipinski definition) is 4. The van der Waals surface area contributed by atoms with Gasteiger partial charge < -0.3 is 9.47 Å². The van der Waals surface area contributed by atoms with Gasteiger partial charge in [-0.05, 0) is 24.3 Å². The molecule has 118 valence electrons. The van der Waals surface area contributed by atoms with E-state index in [4.69, 9.17) is 9.47 Å². The molecule has 0 spiro atoms. The van der Waals surface area contributed by atoms with E-state index in [0.29, 0.717) is 17.0 Å². The molecule has 0 unspecified atom stereocenters. The van der Waals surface area contributed by atoms with Crippen molar-refractivity contribution in [1.82, 2.24) is 9.13 Å². The number of imidazole rings is 1. The van der Waals surface area contributed by atoms with Gasteiger partial charge in [0.2, 0.25) is 0 Å². The Labute approximate surface area is 132 Å². The number of methoxy groups -OCH3 is 1. The normalized spacial score (nSPS) is 10.7. The lowest BCUT2D eigenvalue weighted by molar-refractivity contribution is -0.135. The Morgan fingerprint density at radius 2 is 1.61 bits per heavy atom. The van der Waals surface area contributed by atoms with Crippen molar-refractivity contribution in [3.05, 3.63) is 59.0 Å². The fraction of sp³-hybridized carbons (Fsp3) is 0.176. The monoisotopic (exact) mass is 312 g/mol. The minimum Gasteiger partial charge on any atom is -0.493 e. The van der Waals surface area contributed by atoms with E-state index in [1.165, 1.54) is 16.2 Å². The summed E-state index contributed by atoms with van der Waals surface area (Å²) in [4.78, 5) is 24.5. The largest absolute Gasteiger partial charge is 0.493 e. The van der Waals surface area contributed by atoms with Crippen LogP contribution in [0.5, 0.6) is 11.5 Å². The Morgan fingerprint density at radius 3 is 2.30 bits per heavy atom. The Balaban J connectivity index is 1.89. The highest BCUT2D eigenvalue weighted by Gasteiger charge is 2.15.